The van der Waals surface area contributed by atoms with Gasteiger partial charge in [-0.15, -0.1) is 0 Å². The molecular formula is C19H17F2N3O2S. The highest BCUT2D eigenvalue weighted by molar-refractivity contribution is 8.15. The minimum Gasteiger partial charge on any atom is -0.358 e. The van der Waals surface area contributed by atoms with Gasteiger partial charge >= 0.3 is 0 Å². The molecule has 0 aromatic heterocycles. The van der Waals surface area contributed by atoms with E-state index in [1.54, 1.807) is 12.1 Å². The molecule has 0 radical (unpaired) electrons. The molecule has 1 atom stereocenters. The standard InChI is InChI=1S/C19H17F2N3O2S/c1-22-18(26)16-10-17(25)24(11-12-2-4-13(20)5-3-12)19(27-16)23-15-8-6-14(21)7-9-15/h2-9,16H,10-11H2,1H3,(H,22,26). The lowest BCUT2D eigenvalue weighted by Gasteiger charge is -2.31. The third kappa shape index (κ3) is 4.71. The number of halogens is 2. The molecule has 0 aliphatic carbocycles. The number of amidine groups is 1. The van der Waals surface area contributed by atoms with E-state index >= 15 is 0 Å². The van der Waals surface area contributed by atoms with E-state index in [2.05, 4.69) is 10.3 Å². The first kappa shape index (κ1) is 19.0. The summed E-state index contributed by atoms with van der Waals surface area (Å²) in [6.45, 7) is 0.201. The number of hydrogen-bond donors (Lipinski definition) is 1. The highest BCUT2D eigenvalue weighted by Gasteiger charge is 2.35. The van der Waals surface area contributed by atoms with Crippen LogP contribution < -0.4 is 5.32 Å². The molecule has 5 nitrogen and oxygen atoms in total. The summed E-state index contributed by atoms with van der Waals surface area (Å²) in [5.41, 5.74) is 1.20. The molecule has 8 heteroatoms. The Balaban J connectivity index is 1.92. The fourth-order valence-electron chi connectivity index (χ4n) is 2.56. The van der Waals surface area contributed by atoms with E-state index in [1.807, 2.05) is 0 Å². The molecular weight excluding hydrogens is 372 g/mol. The Morgan fingerprint density at radius 1 is 1.15 bits per heavy atom. The van der Waals surface area contributed by atoms with Crippen molar-refractivity contribution in [2.24, 2.45) is 4.99 Å². The molecule has 27 heavy (non-hydrogen) atoms. The topological polar surface area (TPSA) is 61.8 Å². The molecule has 1 saturated heterocycles. The molecule has 1 N–H and O–H groups in total. The maximum absolute atomic E-state index is 13.1. The van der Waals surface area contributed by atoms with Gasteiger partial charge in [0.05, 0.1) is 17.5 Å². The second-order valence-corrected chi connectivity index (χ2v) is 7.07. The van der Waals surface area contributed by atoms with Gasteiger partial charge in [0.2, 0.25) is 11.8 Å². The zero-order valence-electron chi connectivity index (χ0n) is 14.5. The molecule has 3 rings (SSSR count). The van der Waals surface area contributed by atoms with Crippen molar-refractivity contribution in [3.05, 3.63) is 65.7 Å². The van der Waals surface area contributed by atoms with Gasteiger partial charge in [0.15, 0.2) is 5.17 Å². The van der Waals surface area contributed by atoms with Crippen molar-refractivity contribution in [2.75, 3.05) is 7.05 Å². The van der Waals surface area contributed by atoms with Crippen molar-refractivity contribution in [3.8, 4) is 0 Å². The summed E-state index contributed by atoms with van der Waals surface area (Å²) in [5, 5.41) is 2.29. The number of nitrogens with zero attached hydrogens (tertiary/aromatic N) is 2. The van der Waals surface area contributed by atoms with Crippen LogP contribution in [-0.2, 0) is 16.1 Å². The van der Waals surface area contributed by atoms with Crippen LogP contribution in [-0.4, -0.2) is 34.2 Å². The minimum atomic E-state index is -0.592. The summed E-state index contributed by atoms with van der Waals surface area (Å²) in [4.78, 5) is 30.6. The van der Waals surface area contributed by atoms with Crippen LogP contribution in [0.5, 0.6) is 0 Å². The Morgan fingerprint density at radius 3 is 2.33 bits per heavy atom. The Labute approximate surface area is 159 Å². The minimum absolute atomic E-state index is 0.0357. The van der Waals surface area contributed by atoms with Gasteiger partial charge in [-0.1, -0.05) is 23.9 Å². The van der Waals surface area contributed by atoms with Crippen molar-refractivity contribution in [2.45, 2.75) is 18.2 Å². The molecule has 1 aliphatic rings. The quantitative estimate of drug-likeness (QED) is 0.873. The van der Waals surface area contributed by atoms with E-state index in [1.165, 1.54) is 60.1 Å². The molecule has 2 amide bonds. The summed E-state index contributed by atoms with van der Waals surface area (Å²) in [5.74, 6) is -1.27. The smallest absolute Gasteiger partial charge is 0.233 e. The van der Waals surface area contributed by atoms with Gasteiger partial charge in [0.25, 0.3) is 0 Å². The molecule has 140 valence electrons. The van der Waals surface area contributed by atoms with Gasteiger partial charge in [0, 0.05) is 13.5 Å². The van der Waals surface area contributed by atoms with Gasteiger partial charge in [-0.25, -0.2) is 13.8 Å². The summed E-state index contributed by atoms with van der Waals surface area (Å²) >= 11 is 1.17. The van der Waals surface area contributed by atoms with Crippen LogP contribution in [0.25, 0.3) is 0 Å². The van der Waals surface area contributed by atoms with Gasteiger partial charge in [-0.3, -0.25) is 14.5 Å². The number of carbonyl (C=O) groups excluding carboxylic acids is 2. The van der Waals surface area contributed by atoms with Crippen molar-refractivity contribution >= 4 is 34.4 Å². The lowest BCUT2D eigenvalue weighted by molar-refractivity contribution is -0.130. The SMILES string of the molecule is CNC(=O)C1CC(=O)N(Cc2ccc(F)cc2)C(=Nc2ccc(F)cc2)S1. The van der Waals surface area contributed by atoms with E-state index in [4.69, 9.17) is 0 Å². The first-order valence-corrected chi connectivity index (χ1v) is 9.11. The summed E-state index contributed by atoms with van der Waals surface area (Å²) in [6, 6.07) is 11.4. The average Bonchev–Trinajstić information content (AvgIpc) is 2.67. The van der Waals surface area contributed by atoms with E-state index in [0.717, 1.165) is 5.56 Å². The molecule has 0 spiro atoms. The monoisotopic (exact) mass is 389 g/mol. The van der Waals surface area contributed by atoms with Crippen molar-refractivity contribution in [1.29, 1.82) is 0 Å². The number of aliphatic imine (C=N–C) groups is 1. The number of amides is 2. The van der Waals surface area contributed by atoms with Crippen molar-refractivity contribution in [3.63, 3.8) is 0 Å². The van der Waals surface area contributed by atoms with Crippen LogP contribution >= 0.6 is 11.8 Å². The van der Waals surface area contributed by atoms with Crippen LogP contribution in [0.15, 0.2) is 53.5 Å². The zero-order chi connectivity index (χ0) is 19.4. The second-order valence-electron chi connectivity index (χ2n) is 5.90. The largest absolute Gasteiger partial charge is 0.358 e. The van der Waals surface area contributed by atoms with Gasteiger partial charge in [-0.05, 0) is 42.0 Å². The predicted octanol–water partition coefficient (Wildman–Crippen LogP) is 3.23. The van der Waals surface area contributed by atoms with Crippen molar-refractivity contribution < 1.29 is 18.4 Å². The first-order valence-electron chi connectivity index (χ1n) is 8.23. The van der Waals surface area contributed by atoms with Crippen molar-refractivity contribution in [1.82, 2.24) is 10.2 Å². The fourth-order valence-corrected chi connectivity index (χ4v) is 3.71. The van der Waals surface area contributed by atoms with Gasteiger partial charge < -0.3 is 5.32 Å². The van der Waals surface area contributed by atoms with E-state index < -0.39 is 11.1 Å². The number of nitrogens with one attached hydrogen (secondary N) is 1. The van der Waals surface area contributed by atoms with E-state index in [-0.39, 0.29) is 30.6 Å². The van der Waals surface area contributed by atoms with Crippen LogP contribution in [0.1, 0.15) is 12.0 Å². The maximum atomic E-state index is 13.1. The molecule has 1 aliphatic heterocycles. The second kappa shape index (κ2) is 8.30. The maximum Gasteiger partial charge on any atom is 0.233 e. The number of rotatable bonds is 4. The Hall–Kier alpha value is -2.74. The Morgan fingerprint density at radius 2 is 1.74 bits per heavy atom. The lowest BCUT2D eigenvalue weighted by Crippen LogP contribution is -2.45. The lowest BCUT2D eigenvalue weighted by atomic mass is 10.2. The highest BCUT2D eigenvalue weighted by atomic mass is 32.2. The van der Waals surface area contributed by atoms with Crippen LogP contribution in [0, 0.1) is 11.6 Å². The molecule has 1 heterocycles. The normalized spacial score (nSPS) is 18.6. The number of benzene rings is 2. The molecule has 2 aromatic rings. The summed E-state index contributed by atoms with van der Waals surface area (Å²) in [7, 11) is 1.51. The molecule has 1 unspecified atom stereocenters. The molecule has 1 fully saturated rings. The summed E-state index contributed by atoms with van der Waals surface area (Å²) < 4.78 is 26.3. The van der Waals surface area contributed by atoms with E-state index in [9.17, 15) is 18.4 Å². The third-order valence-corrected chi connectivity index (χ3v) is 5.17. The number of carbonyl (C=O) groups is 2. The average molecular weight is 389 g/mol. The van der Waals surface area contributed by atoms with Crippen LogP contribution in [0.3, 0.4) is 0 Å². The zero-order valence-corrected chi connectivity index (χ0v) is 15.3. The highest BCUT2D eigenvalue weighted by Crippen LogP contribution is 2.30. The first-order chi connectivity index (χ1) is 13.0. The summed E-state index contributed by atoms with van der Waals surface area (Å²) in [6.07, 6.45) is 0.0357. The Bertz CT molecular complexity index is 870. The molecule has 0 saturated carbocycles. The Kier molecular flexibility index (Phi) is 5.85. The van der Waals surface area contributed by atoms with Crippen LogP contribution in [0.4, 0.5) is 14.5 Å². The van der Waals surface area contributed by atoms with Gasteiger partial charge in [0.1, 0.15) is 11.6 Å². The third-order valence-electron chi connectivity index (χ3n) is 3.98. The molecule has 0 bridgehead atoms. The molecule has 2 aromatic carbocycles. The number of thioether (sulfide) groups is 1. The fraction of sp³-hybridized carbons (Fsp3) is 0.211. The van der Waals surface area contributed by atoms with E-state index in [0.29, 0.717) is 10.9 Å². The van der Waals surface area contributed by atoms with Crippen LogP contribution in [0.2, 0.25) is 0 Å². The predicted molar refractivity (Wildman–Crippen MR) is 101 cm³/mol. The number of hydrogen-bond acceptors (Lipinski definition) is 4. The van der Waals surface area contributed by atoms with Gasteiger partial charge in [-0.2, -0.15) is 0 Å².